The largest absolute Gasteiger partial charge is 0.497 e. The molecule has 0 aliphatic carbocycles. The monoisotopic (exact) mass is 421 g/mol. The normalized spacial score (nSPS) is 17.0. The molecule has 1 unspecified atom stereocenters. The molecule has 1 aliphatic heterocycles. The van der Waals surface area contributed by atoms with Gasteiger partial charge in [0, 0.05) is 59.5 Å². The molecule has 30 heavy (non-hydrogen) atoms. The molecule has 1 amide bonds. The van der Waals surface area contributed by atoms with Gasteiger partial charge in [-0.3, -0.25) is 9.69 Å². The van der Waals surface area contributed by atoms with Gasteiger partial charge in [-0.05, 0) is 24.1 Å². The van der Waals surface area contributed by atoms with Crippen molar-refractivity contribution in [3.63, 3.8) is 0 Å². The quantitative estimate of drug-likeness (QED) is 0.324. The van der Waals surface area contributed by atoms with Crippen LogP contribution in [0.4, 0.5) is 0 Å². The minimum absolute atomic E-state index is 0.0390. The van der Waals surface area contributed by atoms with E-state index in [1.165, 1.54) is 4.90 Å². The third-order valence-corrected chi connectivity index (χ3v) is 4.90. The number of ether oxygens (including phenoxy) is 3. The highest BCUT2D eigenvalue weighted by atomic mass is 16.5. The molecule has 1 aromatic rings. The lowest BCUT2D eigenvalue weighted by molar-refractivity contribution is -0.127. The van der Waals surface area contributed by atoms with E-state index < -0.39 is 0 Å². The first-order valence-corrected chi connectivity index (χ1v) is 10.1. The van der Waals surface area contributed by atoms with Crippen LogP contribution in [-0.2, 0) is 16.1 Å². The van der Waals surface area contributed by atoms with Crippen LogP contribution in [0.25, 0.3) is 0 Å². The van der Waals surface area contributed by atoms with Gasteiger partial charge in [-0.15, -0.1) is 0 Å². The minimum atomic E-state index is -0.0390. The first-order valence-electron chi connectivity index (χ1n) is 10.1. The van der Waals surface area contributed by atoms with Gasteiger partial charge in [0.25, 0.3) is 0 Å². The summed E-state index contributed by atoms with van der Waals surface area (Å²) in [6, 6.07) is 6.20. The van der Waals surface area contributed by atoms with Crippen molar-refractivity contribution >= 4 is 11.9 Å². The average Bonchev–Trinajstić information content (AvgIpc) is 3.17. The fraction of sp³-hybridized carbons (Fsp3) is 0.619. The molecule has 0 radical (unpaired) electrons. The van der Waals surface area contributed by atoms with Gasteiger partial charge in [-0.2, -0.15) is 0 Å². The Morgan fingerprint density at radius 3 is 2.50 bits per heavy atom. The number of likely N-dealkylation sites (N-methyl/N-ethyl adjacent to an activating group) is 1. The highest BCUT2D eigenvalue weighted by Crippen LogP contribution is 2.24. The highest BCUT2D eigenvalue weighted by Gasteiger charge is 2.23. The summed E-state index contributed by atoms with van der Waals surface area (Å²) < 4.78 is 15.8. The van der Waals surface area contributed by atoms with Crippen LogP contribution in [0.5, 0.6) is 11.5 Å². The fourth-order valence-electron chi connectivity index (χ4n) is 3.22. The third kappa shape index (κ3) is 7.72. The molecule has 0 bridgehead atoms. The smallest absolute Gasteiger partial charge is 0.243 e. The van der Waals surface area contributed by atoms with Crippen LogP contribution >= 0.6 is 0 Å². The molecule has 2 N–H and O–H groups in total. The number of likely N-dealkylation sites (tertiary alicyclic amines) is 1. The minimum Gasteiger partial charge on any atom is -0.497 e. The predicted octanol–water partition coefficient (Wildman–Crippen LogP) is 0.548. The summed E-state index contributed by atoms with van der Waals surface area (Å²) in [5, 5.41) is 6.68. The number of benzene rings is 1. The molecule has 0 aromatic heterocycles. The lowest BCUT2D eigenvalue weighted by Gasteiger charge is -2.20. The number of carbonyl (C=O) groups is 1. The van der Waals surface area contributed by atoms with Crippen molar-refractivity contribution in [2.45, 2.75) is 19.0 Å². The van der Waals surface area contributed by atoms with Crippen molar-refractivity contribution in [3.8, 4) is 11.5 Å². The number of aliphatic imine (C=N–C) groups is 1. The number of guanidine groups is 1. The van der Waals surface area contributed by atoms with Gasteiger partial charge in [0.2, 0.25) is 5.91 Å². The number of rotatable bonds is 10. The van der Waals surface area contributed by atoms with E-state index in [1.54, 1.807) is 35.4 Å². The van der Waals surface area contributed by atoms with Crippen LogP contribution in [0.3, 0.4) is 0 Å². The summed E-state index contributed by atoms with van der Waals surface area (Å²) in [4.78, 5) is 20.2. The Bertz CT molecular complexity index is 688. The molecule has 1 fully saturated rings. The molecular weight excluding hydrogens is 386 g/mol. The summed E-state index contributed by atoms with van der Waals surface area (Å²) in [5.74, 6) is 2.18. The number of methoxy groups -OCH3 is 3. The summed E-state index contributed by atoms with van der Waals surface area (Å²) in [6.45, 7) is 3.96. The van der Waals surface area contributed by atoms with Crippen molar-refractivity contribution in [3.05, 3.63) is 23.8 Å². The highest BCUT2D eigenvalue weighted by molar-refractivity contribution is 5.85. The Hall–Kier alpha value is -2.52. The topological polar surface area (TPSA) is 87.7 Å². The lowest BCUT2D eigenvalue weighted by atomic mass is 10.2. The Morgan fingerprint density at radius 1 is 1.20 bits per heavy atom. The lowest BCUT2D eigenvalue weighted by Crippen LogP contribution is -2.46. The van der Waals surface area contributed by atoms with Gasteiger partial charge in [0.1, 0.15) is 18.0 Å². The second kappa shape index (κ2) is 12.2. The molecule has 9 nitrogen and oxygen atoms in total. The van der Waals surface area contributed by atoms with Gasteiger partial charge in [0.15, 0.2) is 5.96 Å². The zero-order valence-electron chi connectivity index (χ0n) is 18.7. The number of carbonyl (C=O) groups excluding carboxylic acids is 1. The van der Waals surface area contributed by atoms with Crippen LogP contribution < -0.4 is 20.1 Å². The van der Waals surface area contributed by atoms with Crippen LogP contribution in [-0.4, -0.2) is 95.9 Å². The number of nitrogens with one attached hydrogen (secondary N) is 2. The summed E-state index contributed by atoms with van der Waals surface area (Å²) >= 11 is 0. The summed E-state index contributed by atoms with van der Waals surface area (Å²) in [6.07, 6.45) is 0.994. The van der Waals surface area contributed by atoms with E-state index in [1.807, 2.05) is 18.2 Å². The number of hydrogen-bond donors (Lipinski definition) is 2. The molecule has 0 spiro atoms. The van der Waals surface area contributed by atoms with E-state index in [4.69, 9.17) is 14.2 Å². The molecule has 2 rings (SSSR count). The van der Waals surface area contributed by atoms with Gasteiger partial charge < -0.3 is 29.7 Å². The van der Waals surface area contributed by atoms with Crippen molar-refractivity contribution in [2.75, 3.05) is 68.2 Å². The van der Waals surface area contributed by atoms with E-state index in [0.717, 1.165) is 43.1 Å². The second-order valence-corrected chi connectivity index (χ2v) is 7.46. The van der Waals surface area contributed by atoms with E-state index in [2.05, 4.69) is 20.5 Å². The van der Waals surface area contributed by atoms with Crippen LogP contribution in [0, 0.1) is 0 Å². The molecule has 1 aromatic carbocycles. The molecular formula is C21H35N5O4. The van der Waals surface area contributed by atoms with Gasteiger partial charge in [0.05, 0.1) is 20.8 Å². The van der Waals surface area contributed by atoms with Crippen LogP contribution in [0.15, 0.2) is 23.2 Å². The van der Waals surface area contributed by atoms with Crippen LogP contribution in [0.1, 0.15) is 12.0 Å². The maximum atomic E-state index is 11.9. The van der Waals surface area contributed by atoms with Crippen molar-refractivity contribution in [1.82, 2.24) is 20.4 Å². The maximum Gasteiger partial charge on any atom is 0.243 e. The average molecular weight is 422 g/mol. The molecule has 1 atom stereocenters. The fourth-order valence-corrected chi connectivity index (χ4v) is 3.22. The van der Waals surface area contributed by atoms with E-state index >= 15 is 0 Å². The number of nitrogens with zero attached hydrogens (tertiary/aromatic N) is 3. The van der Waals surface area contributed by atoms with Crippen molar-refractivity contribution in [1.29, 1.82) is 0 Å². The zero-order chi connectivity index (χ0) is 21.9. The van der Waals surface area contributed by atoms with E-state index in [-0.39, 0.29) is 18.5 Å². The van der Waals surface area contributed by atoms with Crippen molar-refractivity contribution in [2.24, 2.45) is 4.99 Å². The Labute approximate surface area is 179 Å². The molecule has 9 heteroatoms. The Morgan fingerprint density at radius 2 is 1.90 bits per heavy atom. The third-order valence-electron chi connectivity index (χ3n) is 4.90. The zero-order valence-corrected chi connectivity index (χ0v) is 18.7. The first kappa shape index (κ1) is 23.8. The maximum absolute atomic E-state index is 11.9. The summed E-state index contributed by atoms with van der Waals surface area (Å²) in [7, 11) is 8.43. The molecule has 1 heterocycles. The second-order valence-electron chi connectivity index (χ2n) is 7.46. The number of amides is 1. The molecule has 168 valence electrons. The molecule has 0 saturated carbocycles. The Kier molecular flexibility index (Phi) is 9.69. The van der Waals surface area contributed by atoms with Crippen molar-refractivity contribution < 1.29 is 19.0 Å². The first-order chi connectivity index (χ1) is 14.4. The Balaban J connectivity index is 1.94. The number of hydrogen-bond acceptors (Lipinski definition) is 6. The van der Waals surface area contributed by atoms with E-state index in [0.29, 0.717) is 19.1 Å². The predicted molar refractivity (Wildman–Crippen MR) is 117 cm³/mol. The van der Waals surface area contributed by atoms with Crippen LogP contribution in [0.2, 0.25) is 0 Å². The molecule has 1 saturated heterocycles. The van der Waals surface area contributed by atoms with Gasteiger partial charge in [-0.25, -0.2) is 4.99 Å². The molecule has 1 aliphatic rings. The van der Waals surface area contributed by atoms with E-state index in [9.17, 15) is 4.79 Å². The summed E-state index contributed by atoms with van der Waals surface area (Å²) in [5.41, 5.74) is 1.15. The van der Waals surface area contributed by atoms with Gasteiger partial charge >= 0.3 is 0 Å². The standard InChI is InChI=1S/C21H35N5O4/c1-25(2)20(27)13-23-21(22-7-9-28-3)24-17-6-8-26(15-17)14-16-10-18(29-4)12-19(11-16)30-5/h10-12,17H,6-9,13-15H2,1-5H3,(H2,22,23,24). The van der Waals surface area contributed by atoms with Gasteiger partial charge in [-0.1, -0.05) is 0 Å². The SMILES string of the molecule is COCCNC(=NCC(=O)N(C)C)NC1CCN(Cc2cc(OC)cc(OC)c2)C1.